The predicted octanol–water partition coefficient (Wildman–Crippen LogP) is 4.03. The number of carbonyl (C=O) groups is 1. The van der Waals surface area contributed by atoms with Gasteiger partial charge in [0.25, 0.3) is 5.91 Å². The van der Waals surface area contributed by atoms with Crippen LogP contribution < -0.4 is 20.1 Å². The number of fused-ring (bicyclic) bond motifs is 1. The summed E-state index contributed by atoms with van der Waals surface area (Å²) in [6, 6.07) is 14.3. The zero-order valence-corrected chi connectivity index (χ0v) is 22.1. The fraction of sp³-hybridized carbons (Fsp3) is 0.414. The number of piperidine rings is 1. The second kappa shape index (κ2) is 10.5. The van der Waals surface area contributed by atoms with E-state index in [2.05, 4.69) is 58.2 Å². The van der Waals surface area contributed by atoms with Crippen LogP contribution in [0.1, 0.15) is 48.2 Å². The van der Waals surface area contributed by atoms with Gasteiger partial charge in [-0.3, -0.25) is 9.78 Å². The monoisotopic (exact) mass is 500 g/mol. The van der Waals surface area contributed by atoms with Gasteiger partial charge >= 0.3 is 0 Å². The number of pyridine rings is 2. The van der Waals surface area contributed by atoms with Crippen LogP contribution in [-0.2, 0) is 12.0 Å². The molecule has 0 saturated carbocycles. The molecule has 1 aromatic carbocycles. The van der Waals surface area contributed by atoms with E-state index in [1.54, 1.807) is 42.8 Å². The van der Waals surface area contributed by atoms with Crippen LogP contribution in [0.15, 0.2) is 61.1 Å². The molecule has 4 heterocycles. The minimum Gasteiger partial charge on any atom is -0.481 e. The fourth-order valence-corrected chi connectivity index (χ4v) is 5.44. The zero-order chi connectivity index (χ0) is 26.0. The Labute approximate surface area is 219 Å². The highest BCUT2D eigenvalue weighted by molar-refractivity contribution is 6.05. The summed E-state index contributed by atoms with van der Waals surface area (Å²) in [5.74, 6) is 0.384. The van der Waals surface area contributed by atoms with Crippen molar-refractivity contribution in [3.63, 3.8) is 0 Å². The summed E-state index contributed by atoms with van der Waals surface area (Å²) >= 11 is 0. The van der Waals surface area contributed by atoms with E-state index >= 15 is 0 Å². The average Bonchev–Trinajstić information content (AvgIpc) is 3.19. The number of likely N-dealkylation sites (tertiary alicyclic amines) is 1. The number of aromatic nitrogens is 2. The molecule has 1 fully saturated rings. The number of ether oxygens (including phenoxy) is 1. The lowest BCUT2D eigenvalue weighted by atomic mass is 9.87. The Morgan fingerprint density at radius 1 is 1.16 bits per heavy atom. The van der Waals surface area contributed by atoms with Crippen molar-refractivity contribution in [2.45, 2.75) is 44.7 Å². The lowest BCUT2D eigenvalue weighted by Crippen LogP contribution is -2.45. The first-order valence-corrected chi connectivity index (χ1v) is 12.9. The van der Waals surface area contributed by atoms with Gasteiger partial charge in [0, 0.05) is 54.9 Å². The average molecular weight is 501 g/mol. The quantitative estimate of drug-likeness (QED) is 0.491. The normalized spacial score (nSPS) is 17.5. The molecule has 37 heavy (non-hydrogen) atoms. The number of nitrogens with one attached hydrogen (secondary N) is 1. The van der Waals surface area contributed by atoms with Crippen LogP contribution in [0.3, 0.4) is 0 Å². The molecule has 194 valence electrons. The summed E-state index contributed by atoms with van der Waals surface area (Å²) in [5.41, 5.74) is 8.28. The maximum Gasteiger partial charge on any atom is 0.274 e. The molecule has 8 heteroatoms. The molecule has 0 spiro atoms. The number of rotatable bonds is 7. The molecule has 0 radical (unpaired) electrons. The molecule has 1 amide bonds. The van der Waals surface area contributed by atoms with E-state index in [9.17, 15) is 4.79 Å². The third-order valence-corrected chi connectivity index (χ3v) is 7.53. The van der Waals surface area contributed by atoms with Crippen LogP contribution in [-0.4, -0.2) is 60.6 Å². The van der Waals surface area contributed by atoms with E-state index in [1.807, 2.05) is 18.2 Å². The molecular formula is C29H36N6O2. The van der Waals surface area contributed by atoms with Gasteiger partial charge in [-0.2, -0.15) is 0 Å². The van der Waals surface area contributed by atoms with Crippen LogP contribution in [0, 0.1) is 0 Å². The molecule has 0 aliphatic carbocycles. The van der Waals surface area contributed by atoms with Crippen molar-refractivity contribution >= 4 is 17.3 Å². The third-order valence-electron chi connectivity index (χ3n) is 7.53. The van der Waals surface area contributed by atoms with Gasteiger partial charge in [0.1, 0.15) is 0 Å². The first-order chi connectivity index (χ1) is 17.9. The lowest BCUT2D eigenvalue weighted by Gasteiger charge is -2.37. The second-order valence-electron chi connectivity index (χ2n) is 10.7. The van der Waals surface area contributed by atoms with Gasteiger partial charge in [-0.05, 0) is 74.4 Å². The molecule has 0 unspecified atom stereocenters. The summed E-state index contributed by atoms with van der Waals surface area (Å²) in [5, 5.41) is 1.64. The second-order valence-corrected chi connectivity index (χ2v) is 10.7. The number of hydrogen-bond acceptors (Lipinski definition) is 7. The highest BCUT2D eigenvalue weighted by atomic mass is 16.5. The maximum absolute atomic E-state index is 13.7. The third kappa shape index (κ3) is 5.31. The number of carbonyl (C=O) groups excluding carboxylic acids is 1. The van der Waals surface area contributed by atoms with Gasteiger partial charge in [-0.15, -0.1) is 0 Å². The van der Waals surface area contributed by atoms with Crippen molar-refractivity contribution in [1.82, 2.24) is 20.3 Å². The molecule has 2 aliphatic heterocycles. The summed E-state index contributed by atoms with van der Waals surface area (Å²) in [6.07, 6.45) is 7.29. The fourth-order valence-electron chi connectivity index (χ4n) is 5.44. The highest BCUT2D eigenvalue weighted by Gasteiger charge is 2.39. The molecule has 3 aromatic rings. The van der Waals surface area contributed by atoms with Crippen molar-refractivity contribution in [2.24, 2.45) is 0 Å². The summed E-state index contributed by atoms with van der Waals surface area (Å²) in [7, 11) is 3.79. The van der Waals surface area contributed by atoms with E-state index in [0.29, 0.717) is 24.0 Å². The summed E-state index contributed by atoms with van der Waals surface area (Å²) < 4.78 is 5.27. The number of methoxy groups -OCH3 is 1. The minimum absolute atomic E-state index is 0.0520. The molecule has 8 nitrogen and oxygen atoms in total. The van der Waals surface area contributed by atoms with E-state index in [4.69, 9.17) is 4.74 Å². The van der Waals surface area contributed by atoms with E-state index in [-0.39, 0.29) is 11.3 Å². The van der Waals surface area contributed by atoms with E-state index in [1.165, 1.54) is 11.3 Å². The summed E-state index contributed by atoms with van der Waals surface area (Å²) in [6.45, 7) is 8.27. The van der Waals surface area contributed by atoms with Crippen molar-refractivity contribution in [3.05, 3.63) is 77.7 Å². The molecule has 5 rings (SSSR count). The molecular weight excluding hydrogens is 464 g/mol. The Bertz CT molecular complexity index is 1240. The standard InChI is InChI=1S/C29H36N6O2/c1-29(2)20-34(23-10-14-33(3)15-11-23)26-17-24(7-8-25(26)29)35(28(36)22-6-5-12-30-19-22)32-18-21-9-13-31-27(16-21)37-4/h5-9,12-13,16-17,19,23,32H,10-11,14-15,18,20H2,1-4H3. The first kappa shape index (κ1) is 25.2. The van der Waals surface area contributed by atoms with Crippen molar-refractivity contribution in [3.8, 4) is 5.88 Å². The number of hydrazine groups is 1. The van der Waals surface area contributed by atoms with Crippen LogP contribution in [0.5, 0.6) is 5.88 Å². The first-order valence-electron chi connectivity index (χ1n) is 12.9. The van der Waals surface area contributed by atoms with E-state index in [0.717, 1.165) is 43.7 Å². The molecule has 0 atom stereocenters. The van der Waals surface area contributed by atoms with Gasteiger partial charge in [-0.25, -0.2) is 15.4 Å². The smallest absolute Gasteiger partial charge is 0.274 e. The van der Waals surface area contributed by atoms with Crippen LogP contribution in [0.4, 0.5) is 11.4 Å². The highest BCUT2D eigenvalue weighted by Crippen LogP contribution is 2.44. The van der Waals surface area contributed by atoms with Crippen molar-refractivity contribution < 1.29 is 9.53 Å². The maximum atomic E-state index is 13.7. The topological polar surface area (TPSA) is 73.8 Å². The Morgan fingerprint density at radius 3 is 2.70 bits per heavy atom. The number of hydrogen-bond donors (Lipinski definition) is 1. The lowest BCUT2D eigenvalue weighted by molar-refractivity contribution is 0.0973. The van der Waals surface area contributed by atoms with Gasteiger partial charge in [0.05, 0.1) is 18.4 Å². The predicted molar refractivity (Wildman–Crippen MR) is 146 cm³/mol. The van der Waals surface area contributed by atoms with Gasteiger partial charge in [0.15, 0.2) is 0 Å². The number of nitrogens with zero attached hydrogens (tertiary/aromatic N) is 5. The van der Waals surface area contributed by atoms with Gasteiger partial charge < -0.3 is 14.5 Å². The van der Waals surface area contributed by atoms with Crippen LogP contribution in [0.25, 0.3) is 0 Å². The van der Waals surface area contributed by atoms with Crippen LogP contribution in [0.2, 0.25) is 0 Å². The molecule has 2 aromatic heterocycles. The Kier molecular flexibility index (Phi) is 7.13. The number of amides is 1. The molecule has 0 bridgehead atoms. The largest absolute Gasteiger partial charge is 0.481 e. The summed E-state index contributed by atoms with van der Waals surface area (Å²) in [4.78, 5) is 27.0. The zero-order valence-electron chi connectivity index (χ0n) is 22.1. The number of benzene rings is 1. The van der Waals surface area contributed by atoms with Crippen LogP contribution >= 0.6 is 0 Å². The Hall–Kier alpha value is -3.49. The van der Waals surface area contributed by atoms with E-state index < -0.39 is 0 Å². The van der Waals surface area contributed by atoms with Crippen molar-refractivity contribution in [2.75, 3.05) is 43.7 Å². The van der Waals surface area contributed by atoms with Gasteiger partial charge in [-0.1, -0.05) is 19.9 Å². The Morgan fingerprint density at radius 2 is 1.97 bits per heavy atom. The minimum atomic E-state index is -0.155. The van der Waals surface area contributed by atoms with Gasteiger partial charge in [0.2, 0.25) is 5.88 Å². The Balaban J connectivity index is 1.48. The van der Waals surface area contributed by atoms with Crippen molar-refractivity contribution in [1.29, 1.82) is 0 Å². The molecule has 1 saturated heterocycles. The number of anilines is 2. The SMILES string of the molecule is COc1cc(CNN(C(=O)c2cccnc2)c2ccc3c(c2)N(C2CCN(C)CC2)CC3(C)C)ccn1. The molecule has 2 aliphatic rings. The molecule has 1 N–H and O–H groups in total.